The molecule has 0 spiro atoms. The first kappa shape index (κ1) is 10.5. The van der Waals surface area contributed by atoms with E-state index in [-0.39, 0.29) is 5.54 Å². The van der Waals surface area contributed by atoms with Gasteiger partial charge in [-0.2, -0.15) is 5.26 Å². The normalized spacial score (nSPS) is 21.4. The van der Waals surface area contributed by atoms with Gasteiger partial charge in [-0.3, -0.25) is 5.32 Å². The van der Waals surface area contributed by atoms with E-state index in [1.54, 1.807) is 0 Å². The van der Waals surface area contributed by atoms with Gasteiger partial charge in [0.2, 0.25) is 0 Å². The SMILES string of the molecule is CC(C)CNC1(C#N)CCCCC1. The predicted molar refractivity (Wildman–Crippen MR) is 54.3 cm³/mol. The van der Waals surface area contributed by atoms with E-state index in [4.69, 9.17) is 5.26 Å². The molecule has 0 atom stereocenters. The minimum atomic E-state index is -0.192. The molecule has 0 saturated heterocycles. The lowest BCUT2D eigenvalue weighted by Gasteiger charge is -2.32. The van der Waals surface area contributed by atoms with Crippen molar-refractivity contribution in [3.8, 4) is 6.07 Å². The van der Waals surface area contributed by atoms with Gasteiger partial charge in [0, 0.05) is 0 Å². The zero-order valence-corrected chi connectivity index (χ0v) is 8.77. The van der Waals surface area contributed by atoms with Gasteiger partial charge >= 0.3 is 0 Å². The van der Waals surface area contributed by atoms with E-state index in [9.17, 15) is 0 Å². The fourth-order valence-electron chi connectivity index (χ4n) is 1.88. The topological polar surface area (TPSA) is 35.8 Å². The van der Waals surface area contributed by atoms with Crippen molar-refractivity contribution in [3.63, 3.8) is 0 Å². The molecule has 74 valence electrons. The lowest BCUT2D eigenvalue weighted by molar-refractivity contribution is 0.287. The van der Waals surface area contributed by atoms with Crippen LogP contribution >= 0.6 is 0 Å². The van der Waals surface area contributed by atoms with Crippen molar-refractivity contribution in [1.82, 2.24) is 5.32 Å². The van der Waals surface area contributed by atoms with Crippen molar-refractivity contribution in [2.75, 3.05) is 6.54 Å². The summed E-state index contributed by atoms with van der Waals surface area (Å²) < 4.78 is 0. The summed E-state index contributed by atoms with van der Waals surface area (Å²) in [6, 6.07) is 2.46. The molecule has 0 aromatic rings. The summed E-state index contributed by atoms with van der Waals surface area (Å²) in [4.78, 5) is 0. The predicted octanol–water partition coefficient (Wildman–Crippen LogP) is 2.46. The van der Waals surface area contributed by atoms with Crippen LogP contribution in [0.15, 0.2) is 0 Å². The Kier molecular flexibility index (Phi) is 3.74. The van der Waals surface area contributed by atoms with Crippen LogP contribution < -0.4 is 5.32 Å². The molecule has 2 heteroatoms. The Morgan fingerprint density at radius 3 is 2.38 bits per heavy atom. The fraction of sp³-hybridized carbons (Fsp3) is 0.909. The molecule has 0 amide bonds. The van der Waals surface area contributed by atoms with Crippen LogP contribution in [-0.2, 0) is 0 Å². The monoisotopic (exact) mass is 180 g/mol. The van der Waals surface area contributed by atoms with Crippen molar-refractivity contribution in [2.45, 2.75) is 51.5 Å². The Bertz CT molecular complexity index is 185. The van der Waals surface area contributed by atoms with E-state index in [0.717, 1.165) is 19.4 Å². The average molecular weight is 180 g/mol. The van der Waals surface area contributed by atoms with E-state index in [1.807, 2.05) is 0 Å². The third kappa shape index (κ3) is 3.00. The van der Waals surface area contributed by atoms with Crippen molar-refractivity contribution >= 4 is 0 Å². The first-order chi connectivity index (χ1) is 6.18. The lowest BCUT2D eigenvalue weighted by Crippen LogP contribution is -2.46. The number of nitrogens with zero attached hydrogens (tertiary/aromatic N) is 1. The highest BCUT2D eigenvalue weighted by molar-refractivity contribution is 5.08. The summed E-state index contributed by atoms with van der Waals surface area (Å²) >= 11 is 0. The van der Waals surface area contributed by atoms with Gasteiger partial charge < -0.3 is 0 Å². The first-order valence-electron chi connectivity index (χ1n) is 5.35. The molecular weight excluding hydrogens is 160 g/mol. The first-order valence-corrected chi connectivity index (χ1v) is 5.35. The van der Waals surface area contributed by atoms with E-state index in [1.165, 1.54) is 19.3 Å². The third-order valence-electron chi connectivity index (χ3n) is 2.77. The summed E-state index contributed by atoms with van der Waals surface area (Å²) in [6.07, 6.45) is 5.79. The Balaban J connectivity index is 2.44. The van der Waals surface area contributed by atoms with Gasteiger partial charge in [0.15, 0.2) is 0 Å². The molecule has 1 fully saturated rings. The summed E-state index contributed by atoms with van der Waals surface area (Å²) in [5.41, 5.74) is -0.192. The molecule has 1 aliphatic carbocycles. The lowest BCUT2D eigenvalue weighted by atomic mass is 9.82. The van der Waals surface area contributed by atoms with Crippen LogP contribution in [-0.4, -0.2) is 12.1 Å². The minimum Gasteiger partial charge on any atom is -0.299 e. The van der Waals surface area contributed by atoms with Gasteiger partial charge in [0.25, 0.3) is 0 Å². The molecule has 0 radical (unpaired) electrons. The zero-order valence-electron chi connectivity index (χ0n) is 8.77. The summed E-state index contributed by atoms with van der Waals surface area (Å²) in [7, 11) is 0. The van der Waals surface area contributed by atoms with Crippen LogP contribution in [0.3, 0.4) is 0 Å². The van der Waals surface area contributed by atoms with E-state index >= 15 is 0 Å². The molecule has 0 heterocycles. The quantitative estimate of drug-likeness (QED) is 0.724. The van der Waals surface area contributed by atoms with Crippen molar-refractivity contribution < 1.29 is 0 Å². The van der Waals surface area contributed by atoms with E-state index in [2.05, 4.69) is 25.2 Å². The summed E-state index contributed by atoms with van der Waals surface area (Å²) in [6.45, 7) is 5.33. The van der Waals surface area contributed by atoms with Gasteiger partial charge in [0.1, 0.15) is 5.54 Å². The zero-order chi connectivity index (χ0) is 9.73. The Labute approximate surface area is 81.3 Å². The number of nitrogens with one attached hydrogen (secondary N) is 1. The van der Waals surface area contributed by atoms with Crippen molar-refractivity contribution in [3.05, 3.63) is 0 Å². The molecule has 1 rings (SSSR count). The van der Waals surface area contributed by atoms with Crippen molar-refractivity contribution in [2.24, 2.45) is 5.92 Å². The van der Waals surface area contributed by atoms with Crippen molar-refractivity contribution in [1.29, 1.82) is 5.26 Å². The van der Waals surface area contributed by atoms with Gasteiger partial charge in [-0.05, 0) is 25.3 Å². The van der Waals surface area contributed by atoms with Gasteiger partial charge in [-0.1, -0.05) is 33.1 Å². The molecule has 1 saturated carbocycles. The second kappa shape index (κ2) is 4.62. The van der Waals surface area contributed by atoms with Crippen LogP contribution in [0, 0.1) is 17.2 Å². The van der Waals surface area contributed by atoms with Crippen LogP contribution in [0.5, 0.6) is 0 Å². The third-order valence-corrected chi connectivity index (χ3v) is 2.77. The van der Waals surface area contributed by atoms with E-state index < -0.39 is 0 Å². The average Bonchev–Trinajstić information content (AvgIpc) is 2.16. The molecule has 0 aliphatic heterocycles. The highest BCUT2D eigenvalue weighted by atomic mass is 15.0. The standard InChI is InChI=1S/C11H20N2/c1-10(2)8-13-11(9-12)6-4-3-5-7-11/h10,13H,3-8H2,1-2H3. The minimum absolute atomic E-state index is 0.192. The van der Waals surface area contributed by atoms with Crippen LogP contribution in [0.1, 0.15) is 46.0 Å². The van der Waals surface area contributed by atoms with Crippen LogP contribution in [0.4, 0.5) is 0 Å². The number of hydrogen-bond acceptors (Lipinski definition) is 2. The molecule has 0 aromatic carbocycles. The highest BCUT2D eigenvalue weighted by Crippen LogP contribution is 2.27. The Morgan fingerprint density at radius 1 is 1.31 bits per heavy atom. The number of hydrogen-bond donors (Lipinski definition) is 1. The summed E-state index contributed by atoms with van der Waals surface area (Å²) in [5, 5.41) is 12.6. The molecular formula is C11H20N2. The molecule has 13 heavy (non-hydrogen) atoms. The molecule has 2 nitrogen and oxygen atoms in total. The molecule has 1 aliphatic rings. The second-order valence-electron chi connectivity index (χ2n) is 4.53. The maximum Gasteiger partial charge on any atom is 0.106 e. The Morgan fingerprint density at radius 2 is 1.92 bits per heavy atom. The smallest absolute Gasteiger partial charge is 0.106 e. The fourth-order valence-corrected chi connectivity index (χ4v) is 1.88. The largest absolute Gasteiger partial charge is 0.299 e. The maximum atomic E-state index is 9.14. The number of rotatable bonds is 3. The maximum absolute atomic E-state index is 9.14. The van der Waals surface area contributed by atoms with Gasteiger partial charge in [0.05, 0.1) is 6.07 Å². The number of nitriles is 1. The molecule has 0 bridgehead atoms. The van der Waals surface area contributed by atoms with Crippen LogP contribution in [0.2, 0.25) is 0 Å². The van der Waals surface area contributed by atoms with E-state index in [0.29, 0.717) is 5.92 Å². The molecule has 0 unspecified atom stereocenters. The second-order valence-corrected chi connectivity index (χ2v) is 4.53. The summed E-state index contributed by atoms with van der Waals surface area (Å²) in [5.74, 6) is 0.632. The molecule has 0 aromatic heterocycles. The van der Waals surface area contributed by atoms with Crippen LogP contribution in [0.25, 0.3) is 0 Å². The van der Waals surface area contributed by atoms with Gasteiger partial charge in [-0.15, -0.1) is 0 Å². The van der Waals surface area contributed by atoms with Gasteiger partial charge in [-0.25, -0.2) is 0 Å². The molecule has 1 N–H and O–H groups in total. The Hall–Kier alpha value is -0.550. The highest BCUT2D eigenvalue weighted by Gasteiger charge is 2.31.